The monoisotopic (exact) mass is 227 g/mol. The standard InChI is InChI=1S/C14H13NO2/c1-17-14(16)15-12-8-10-6-2-4-9-5-3-7-11(12)13(9)10/h2-7,12H,8H2,1H3,(H,15,16). The van der Waals surface area contributed by atoms with Gasteiger partial charge in [0.2, 0.25) is 0 Å². The number of amides is 1. The van der Waals surface area contributed by atoms with E-state index in [2.05, 4.69) is 40.4 Å². The lowest BCUT2D eigenvalue weighted by molar-refractivity contribution is 0.167. The molecule has 86 valence electrons. The minimum absolute atomic E-state index is 0.0311. The van der Waals surface area contributed by atoms with Crippen molar-refractivity contribution in [2.75, 3.05) is 7.11 Å². The Bertz CT molecular complexity index is 587. The maximum Gasteiger partial charge on any atom is 0.407 e. The summed E-state index contributed by atoms with van der Waals surface area (Å²) in [5.74, 6) is 0. The molecule has 0 spiro atoms. The second kappa shape index (κ2) is 3.77. The van der Waals surface area contributed by atoms with E-state index in [1.54, 1.807) is 0 Å². The highest BCUT2D eigenvalue weighted by atomic mass is 16.5. The van der Waals surface area contributed by atoms with Crippen molar-refractivity contribution in [3.63, 3.8) is 0 Å². The quantitative estimate of drug-likeness (QED) is 0.813. The summed E-state index contributed by atoms with van der Waals surface area (Å²) in [6.07, 6.45) is 0.464. The Morgan fingerprint density at radius 3 is 2.82 bits per heavy atom. The Labute approximate surface area is 99.4 Å². The third kappa shape index (κ3) is 1.55. The van der Waals surface area contributed by atoms with Crippen LogP contribution in [0.5, 0.6) is 0 Å². The maximum atomic E-state index is 11.3. The van der Waals surface area contributed by atoms with Crippen molar-refractivity contribution in [3.05, 3.63) is 47.5 Å². The Kier molecular flexibility index (Phi) is 2.25. The summed E-state index contributed by atoms with van der Waals surface area (Å²) < 4.78 is 4.66. The summed E-state index contributed by atoms with van der Waals surface area (Å²) in [5, 5.41) is 5.38. The number of methoxy groups -OCH3 is 1. The molecular formula is C14H13NO2. The number of carbonyl (C=O) groups excluding carboxylic acids is 1. The van der Waals surface area contributed by atoms with Crippen molar-refractivity contribution in [1.82, 2.24) is 5.32 Å². The summed E-state index contributed by atoms with van der Waals surface area (Å²) in [6.45, 7) is 0. The molecule has 1 unspecified atom stereocenters. The topological polar surface area (TPSA) is 38.3 Å². The predicted molar refractivity (Wildman–Crippen MR) is 65.9 cm³/mol. The Morgan fingerprint density at radius 2 is 2.06 bits per heavy atom. The Morgan fingerprint density at radius 1 is 1.29 bits per heavy atom. The van der Waals surface area contributed by atoms with Crippen LogP contribution in [-0.2, 0) is 11.2 Å². The molecule has 1 aliphatic rings. The average Bonchev–Trinajstić information content (AvgIpc) is 2.70. The van der Waals surface area contributed by atoms with Crippen molar-refractivity contribution >= 4 is 16.9 Å². The number of ether oxygens (including phenoxy) is 1. The average molecular weight is 227 g/mol. The highest BCUT2D eigenvalue weighted by Gasteiger charge is 2.25. The molecule has 0 aliphatic heterocycles. The minimum atomic E-state index is -0.375. The summed E-state index contributed by atoms with van der Waals surface area (Å²) in [7, 11) is 1.39. The zero-order chi connectivity index (χ0) is 11.8. The third-order valence-electron chi connectivity index (χ3n) is 3.30. The first-order chi connectivity index (χ1) is 8.29. The number of carbonyl (C=O) groups is 1. The molecule has 1 amide bonds. The van der Waals surface area contributed by atoms with Gasteiger partial charge in [0.25, 0.3) is 0 Å². The second-order valence-corrected chi connectivity index (χ2v) is 4.26. The summed E-state index contributed by atoms with van der Waals surface area (Å²) in [4.78, 5) is 11.3. The van der Waals surface area contributed by atoms with Gasteiger partial charge in [0.15, 0.2) is 0 Å². The van der Waals surface area contributed by atoms with Gasteiger partial charge >= 0.3 is 6.09 Å². The van der Waals surface area contributed by atoms with E-state index in [4.69, 9.17) is 0 Å². The van der Waals surface area contributed by atoms with Crippen LogP contribution in [0.25, 0.3) is 10.8 Å². The van der Waals surface area contributed by atoms with Gasteiger partial charge in [-0.3, -0.25) is 0 Å². The molecule has 1 atom stereocenters. The van der Waals surface area contributed by atoms with E-state index in [-0.39, 0.29) is 12.1 Å². The fourth-order valence-corrected chi connectivity index (χ4v) is 2.57. The molecule has 0 fully saturated rings. The Hall–Kier alpha value is -2.03. The van der Waals surface area contributed by atoms with Crippen LogP contribution in [0.15, 0.2) is 36.4 Å². The SMILES string of the molecule is COC(=O)NC1Cc2cccc3cccc1c23. The van der Waals surface area contributed by atoms with Gasteiger partial charge in [-0.05, 0) is 28.3 Å². The van der Waals surface area contributed by atoms with Crippen LogP contribution >= 0.6 is 0 Å². The van der Waals surface area contributed by atoms with Gasteiger partial charge in [0, 0.05) is 0 Å². The molecule has 17 heavy (non-hydrogen) atoms. The van der Waals surface area contributed by atoms with E-state index in [1.807, 2.05) is 6.07 Å². The van der Waals surface area contributed by atoms with Crippen LogP contribution < -0.4 is 5.32 Å². The zero-order valence-electron chi connectivity index (χ0n) is 9.57. The molecule has 3 nitrogen and oxygen atoms in total. The van der Waals surface area contributed by atoms with Gasteiger partial charge in [-0.1, -0.05) is 36.4 Å². The summed E-state index contributed by atoms with van der Waals surface area (Å²) >= 11 is 0. The minimum Gasteiger partial charge on any atom is -0.453 e. The third-order valence-corrected chi connectivity index (χ3v) is 3.30. The van der Waals surface area contributed by atoms with Crippen LogP contribution in [0.3, 0.4) is 0 Å². The number of benzene rings is 2. The molecule has 0 bridgehead atoms. The normalized spacial score (nSPS) is 17.1. The molecule has 3 rings (SSSR count). The largest absolute Gasteiger partial charge is 0.453 e. The summed E-state index contributed by atoms with van der Waals surface area (Å²) in [6, 6.07) is 12.5. The van der Waals surface area contributed by atoms with E-state index < -0.39 is 0 Å². The van der Waals surface area contributed by atoms with Gasteiger partial charge in [0.05, 0.1) is 13.2 Å². The molecule has 0 saturated heterocycles. The van der Waals surface area contributed by atoms with Crippen LogP contribution in [0.4, 0.5) is 4.79 Å². The first-order valence-corrected chi connectivity index (χ1v) is 5.64. The van der Waals surface area contributed by atoms with Crippen molar-refractivity contribution in [3.8, 4) is 0 Å². The molecule has 1 N–H and O–H groups in total. The van der Waals surface area contributed by atoms with Gasteiger partial charge in [-0.25, -0.2) is 4.79 Å². The molecule has 0 heterocycles. The van der Waals surface area contributed by atoms with Crippen LogP contribution in [-0.4, -0.2) is 13.2 Å². The first kappa shape index (κ1) is 10.1. The zero-order valence-corrected chi connectivity index (χ0v) is 9.57. The number of nitrogens with one attached hydrogen (secondary N) is 1. The number of hydrogen-bond acceptors (Lipinski definition) is 2. The van der Waals surface area contributed by atoms with E-state index in [0.717, 1.165) is 6.42 Å². The Balaban J connectivity index is 2.07. The highest BCUT2D eigenvalue weighted by Crippen LogP contribution is 2.36. The van der Waals surface area contributed by atoms with Gasteiger partial charge < -0.3 is 10.1 Å². The second-order valence-electron chi connectivity index (χ2n) is 4.26. The molecule has 1 aliphatic carbocycles. The van der Waals surface area contributed by atoms with Crippen LogP contribution in [0.1, 0.15) is 17.2 Å². The first-order valence-electron chi connectivity index (χ1n) is 5.64. The number of rotatable bonds is 1. The molecule has 2 aromatic rings. The van der Waals surface area contributed by atoms with Gasteiger partial charge in [-0.15, -0.1) is 0 Å². The van der Waals surface area contributed by atoms with E-state index >= 15 is 0 Å². The van der Waals surface area contributed by atoms with Crippen molar-refractivity contribution in [1.29, 1.82) is 0 Å². The van der Waals surface area contributed by atoms with Crippen molar-refractivity contribution in [2.45, 2.75) is 12.5 Å². The van der Waals surface area contributed by atoms with Crippen molar-refractivity contribution < 1.29 is 9.53 Å². The lowest BCUT2D eigenvalue weighted by Gasteiger charge is -2.12. The smallest absolute Gasteiger partial charge is 0.407 e. The van der Waals surface area contributed by atoms with E-state index in [0.29, 0.717) is 0 Å². The van der Waals surface area contributed by atoms with Gasteiger partial charge in [-0.2, -0.15) is 0 Å². The number of hydrogen-bond donors (Lipinski definition) is 1. The van der Waals surface area contributed by atoms with Crippen LogP contribution in [0.2, 0.25) is 0 Å². The molecule has 0 aromatic heterocycles. The summed E-state index contributed by atoms with van der Waals surface area (Å²) in [5.41, 5.74) is 2.48. The maximum absolute atomic E-state index is 11.3. The highest BCUT2D eigenvalue weighted by molar-refractivity contribution is 5.91. The molecule has 0 radical (unpaired) electrons. The van der Waals surface area contributed by atoms with E-state index in [9.17, 15) is 4.79 Å². The van der Waals surface area contributed by atoms with Crippen molar-refractivity contribution in [2.24, 2.45) is 0 Å². The molecule has 0 saturated carbocycles. The molecular weight excluding hydrogens is 214 g/mol. The van der Waals surface area contributed by atoms with Gasteiger partial charge in [0.1, 0.15) is 0 Å². The predicted octanol–water partition coefficient (Wildman–Crippen LogP) is 2.79. The molecule has 2 aromatic carbocycles. The van der Waals surface area contributed by atoms with E-state index in [1.165, 1.54) is 29.0 Å². The molecule has 3 heteroatoms. The lowest BCUT2D eigenvalue weighted by atomic mass is 10.0. The fraction of sp³-hybridized carbons (Fsp3) is 0.214. The van der Waals surface area contributed by atoms with Crippen LogP contribution in [0, 0.1) is 0 Å². The lowest BCUT2D eigenvalue weighted by Crippen LogP contribution is -2.27. The number of alkyl carbamates (subject to hydrolysis) is 1. The fourth-order valence-electron chi connectivity index (χ4n) is 2.57.